The summed E-state index contributed by atoms with van der Waals surface area (Å²) in [5.41, 5.74) is 7.41. The van der Waals surface area contributed by atoms with Crippen LogP contribution in [0.3, 0.4) is 0 Å². The first-order valence-electron chi connectivity index (χ1n) is 6.46. The highest BCUT2D eigenvalue weighted by atomic mass is 16.4. The monoisotopic (exact) mass is 265 g/mol. The van der Waals surface area contributed by atoms with E-state index in [1.165, 1.54) is 0 Å². The second kappa shape index (κ2) is 6.92. The van der Waals surface area contributed by atoms with Crippen LogP contribution < -0.4 is 10.6 Å². The number of aromatic nitrogens is 2. The van der Waals surface area contributed by atoms with Crippen LogP contribution in [0.2, 0.25) is 0 Å². The Morgan fingerprint density at radius 1 is 1.37 bits per heavy atom. The molecule has 0 fully saturated rings. The van der Waals surface area contributed by atoms with Crippen molar-refractivity contribution in [2.24, 2.45) is 16.8 Å². The second-order valence-corrected chi connectivity index (χ2v) is 5.13. The van der Waals surface area contributed by atoms with Gasteiger partial charge in [-0.2, -0.15) is 0 Å². The lowest BCUT2D eigenvalue weighted by Gasteiger charge is -2.24. The number of rotatable bonds is 6. The highest BCUT2D eigenvalue weighted by Gasteiger charge is 2.13. The first-order chi connectivity index (χ1) is 8.92. The summed E-state index contributed by atoms with van der Waals surface area (Å²) in [6.07, 6.45) is 0.486. The third-order valence-electron chi connectivity index (χ3n) is 2.61. The maximum Gasteiger partial charge on any atom is 0.225 e. The Hall–Kier alpha value is -1.85. The van der Waals surface area contributed by atoms with Crippen LogP contribution in [0.4, 0.5) is 5.95 Å². The molecule has 0 saturated carbocycles. The highest BCUT2D eigenvalue weighted by molar-refractivity contribution is 5.80. The van der Waals surface area contributed by atoms with E-state index in [4.69, 9.17) is 10.9 Å². The molecular formula is C13H23N5O. The van der Waals surface area contributed by atoms with Crippen LogP contribution in [0.25, 0.3) is 0 Å². The number of hydrogen-bond acceptors (Lipinski definition) is 5. The molecule has 0 aliphatic carbocycles. The Bertz CT molecular complexity index is 424. The number of amidine groups is 1. The van der Waals surface area contributed by atoms with Crippen molar-refractivity contribution in [3.8, 4) is 0 Å². The summed E-state index contributed by atoms with van der Waals surface area (Å²) < 4.78 is 0. The number of anilines is 1. The van der Waals surface area contributed by atoms with Crippen molar-refractivity contribution in [3.05, 3.63) is 17.5 Å². The largest absolute Gasteiger partial charge is 0.409 e. The van der Waals surface area contributed by atoms with Crippen LogP contribution in [-0.4, -0.2) is 34.1 Å². The van der Waals surface area contributed by atoms with Crippen LogP contribution in [0.1, 0.15) is 31.7 Å². The van der Waals surface area contributed by atoms with E-state index in [-0.39, 0.29) is 5.84 Å². The number of oxime groups is 1. The molecular weight excluding hydrogens is 242 g/mol. The molecule has 0 atom stereocenters. The van der Waals surface area contributed by atoms with Crippen LogP contribution in [0.5, 0.6) is 0 Å². The zero-order valence-corrected chi connectivity index (χ0v) is 12.1. The summed E-state index contributed by atoms with van der Waals surface area (Å²) in [7, 11) is 0. The molecule has 1 heterocycles. The molecule has 0 spiro atoms. The quantitative estimate of drug-likeness (QED) is 0.354. The first-order valence-corrected chi connectivity index (χ1v) is 6.46. The van der Waals surface area contributed by atoms with E-state index in [0.29, 0.717) is 24.8 Å². The average Bonchev–Trinajstić information content (AvgIpc) is 2.32. The molecule has 1 rings (SSSR count). The lowest BCUT2D eigenvalue weighted by atomic mass is 10.2. The van der Waals surface area contributed by atoms with Crippen molar-refractivity contribution in [2.75, 3.05) is 18.0 Å². The fourth-order valence-electron chi connectivity index (χ4n) is 1.86. The standard InChI is InChI=1S/C13H23N5O/c1-9(2)8-18(6-5-12(14)17-19)13-15-10(3)7-11(4)16-13/h7,9,19H,5-6,8H2,1-4H3,(H2,14,17). The predicted octanol–water partition coefficient (Wildman–Crippen LogP) is 1.69. The zero-order valence-electron chi connectivity index (χ0n) is 12.1. The third kappa shape index (κ3) is 5.11. The van der Waals surface area contributed by atoms with Gasteiger partial charge in [-0.25, -0.2) is 9.97 Å². The number of hydrogen-bond donors (Lipinski definition) is 2. The van der Waals surface area contributed by atoms with Crippen LogP contribution in [-0.2, 0) is 0 Å². The molecule has 0 radical (unpaired) electrons. The van der Waals surface area contributed by atoms with Crippen molar-refractivity contribution in [1.82, 2.24) is 9.97 Å². The van der Waals surface area contributed by atoms with Gasteiger partial charge in [-0.05, 0) is 25.8 Å². The van der Waals surface area contributed by atoms with Gasteiger partial charge in [0.25, 0.3) is 0 Å². The molecule has 3 N–H and O–H groups in total. The molecule has 0 amide bonds. The van der Waals surface area contributed by atoms with Crippen molar-refractivity contribution >= 4 is 11.8 Å². The van der Waals surface area contributed by atoms with Crippen LogP contribution in [0.15, 0.2) is 11.2 Å². The normalized spacial score (nSPS) is 11.9. The van der Waals surface area contributed by atoms with E-state index in [9.17, 15) is 0 Å². The molecule has 106 valence electrons. The van der Waals surface area contributed by atoms with E-state index in [2.05, 4.69) is 33.9 Å². The summed E-state index contributed by atoms with van der Waals surface area (Å²) >= 11 is 0. The van der Waals surface area contributed by atoms with Crippen molar-refractivity contribution in [3.63, 3.8) is 0 Å². The van der Waals surface area contributed by atoms with Gasteiger partial charge in [0, 0.05) is 30.9 Å². The van der Waals surface area contributed by atoms with E-state index >= 15 is 0 Å². The van der Waals surface area contributed by atoms with Gasteiger partial charge >= 0.3 is 0 Å². The Morgan fingerprint density at radius 3 is 2.42 bits per heavy atom. The van der Waals surface area contributed by atoms with Crippen molar-refractivity contribution in [2.45, 2.75) is 34.1 Å². The molecule has 0 aliphatic rings. The maximum atomic E-state index is 8.60. The molecule has 6 nitrogen and oxygen atoms in total. The molecule has 0 saturated heterocycles. The SMILES string of the molecule is Cc1cc(C)nc(N(CCC(N)=NO)CC(C)C)n1. The van der Waals surface area contributed by atoms with E-state index in [1.54, 1.807) is 0 Å². The minimum atomic E-state index is 0.220. The summed E-state index contributed by atoms with van der Waals surface area (Å²) in [6, 6.07) is 1.95. The van der Waals surface area contributed by atoms with Crippen molar-refractivity contribution in [1.29, 1.82) is 0 Å². The molecule has 6 heteroatoms. The van der Waals surface area contributed by atoms with Gasteiger partial charge in [-0.1, -0.05) is 19.0 Å². The summed E-state index contributed by atoms with van der Waals surface area (Å²) in [4.78, 5) is 11.0. The van der Waals surface area contributed by atoms with Gasteiger partial charge in [0.05, 0.1) is 0 Å². The van der Waals surface area contributed by atoms with Crippen LogP contribution >= 0.6 is 0 Å². The van der Waals surface area contributed by atoms with Gasteiger partial charge in [-0.15, -0.1) is 0 Å². The Morgan fingerprint density at radius 2 is 1.95 bits per heavy atom. The first kappa shape index (κ1) is 15.2. The maximum absolute atomic E-state index is 8.60. The predicted molar refractivity (Wildman–Crippen MR) is 76.6 cm³/mol. The van der Waals surface area contributed by atoms with E-state index in [0.717, 1.165) is 17.9 Å². The summed E-state index contributed by atoms with van der Waals surface area (Å²) in [5.74, 6) is 1.41. The minimum Gasteiger partial charge on any atom is -0.409 e. The lowest BCUT2D eigenvalue weighted by Crippen LogP contribution is -2.33. The molecule has 1 aromatic heterocycles. The Labute approximate surface area is 114 Å². The number of aryl methyl sites for hydroxylation is 2. The Balaban J connectivity index is 2.88. The Kier molecular flexibility index (Phi) is 5.54. The van der Waals surface area contributed by atoms with E-state index in [1.807, 2.05) is 19.9 Å². The average molecular weight is 265 g/mol. The lowest BCUT2D eigenvalue weighted by molar-refractivity contribution is 0.317. The molecule has 0 aliphatic heterocycles. The number of nitrogens with zero attached hydrogens (tertiary/aromatic N) is 4. The highest BCUT2D eigenvalue weighted by Crippen LogP contribution is 2.12. The van der Waals surface area contributed by atoms with Gasteiger partial charge in [0.15, 0.2) is 0 Å². The molecule has 1 aromatic rings. The second-order valence-electron chi connectivity index (χ2n) is 5.13. The smallest absolute Gasteiger partial charge is 0.225 e. The van der Waals surface area contributed by atoms with Gasteiger partial charge < -0.3 is 15.8 Å². The molecule has 19 heavy (non-hydrogen) atoms. The molecule has 0 bridgehead atoms. The fraction of sp³-hybridized carbons (Fsp3) is 0.615. The zero-order chi connectivity index (χ0) is 14.4. The summed E-state index contributed by atoms with van der Waals surface area (Å²) in [6.45, 7) is 9.65. The topological polar surface area (TPSA) is 87.6 Å². The van der Waals surface area contributed by atoms with Crippen molar-refractivity contribution < 1.29 is 5.21 Å². The van der Waals surface area contributed by atoms with Crippen LogP contribution in [0, 0.1) is 19.8 Å². The van der Waals surface area contributed by atoms with E-state index < -0.39 is 0 Å². The molecule has 0 aromatic carbocycles. The molecule has 0 unspecified atom stereocenters. The van der Waals surface area contributed by atoms with Gasteiger partial charge in [0.2, 0.25) is 5.95 Å². The minimum absolute atomic E-state index is 0.220. The third-order valence-corrected chi connectivity index (χ3v) is 2.61. The van der Waals surface area contributed by atoms with Gasteiger partial charge in [-0.3, -0.25) is 0 Å². The number of nitrogens with two attached hydrogens (primary N) is 1. The van der Waals surface area contributed by atoms with Gasteiger partial charge in [0.1, 0.15) is 5.84 Å². The summed E-state index contributed by atoms with van der Waals surface area (Å²) in [5, 5.41) is 11.6. The fourth-order valence-corrected chi connectivity index (χ4v) is 1.86.